The topological polar surface area (TPSA) is 12.4 Å². The molecule has 0 aliphatic heterocycles. The molecule has 0 rings (SSSR count). The Morgan fingerprint density at radius 3 is 2.43 bits per heavy atom. The molecule has 0 aromatic rings. The van der Waals surface area contributed by atoms with Gasteiger partial charge >= 0.3 is 0 Å². The fourth-order valence-corrected chi connectivity index (χ4v) is 1.25. The monoisotopic (exact) mass is 191 g/mol. The smallest absolute Gasteiger partial charge is 0.0345 e. The minimum Gasteiger partial charge on any atom is -0.293 e. The molecule has 0 aromatic carbocycles. The Labute approximate surface area is 87.9 Å². The lowest BCUT2D eigenvalue weighted by molar-refractivity contribution is 0.919. The highest BCUT2D eigenvalue weighted by atomic mass is 14.7. The summed E-state index contributed by atoms with van der Waals surface area (Å²) in [6, 6.07) is 0. The second-order valence-electron chi connectivity index (χ2n) is 3.30. The van der Waals surface area contributed by atoms with Crippen molar-refractivity contribution in [3.05, 3.63) is 36.0 Å². The summed E-state index contributed by atoms with van der Waals surface area (Å²) in [6.07, 6.45) is 8.17. The number of nitrogens with zero attached hydrogens (tertiary/aromatic N) is 1. The Morgan fingerprint density at radius 2 is 2.00 bits per heavy atom. The van der Waals surface area contributed by atoms with Crippen LogP contribution in [0.5, 0.6) is 0 Å². The molecular weight excluding hydrogens is 170 g/mol. The molecule has 0 atom stereocenters. The SMILES string of the molecule is C=C/C=C\C(CCC)=C(/C)C(C)=NC. The summed E-state index contributed by atoms with van der Waals surface area (Å²) in [5.74, 6) is 0. The predicted molar refractivity (Wildman–Crippen MR) is 66.0 cm³/mol. The van der Waals surface area contributed by atoms with E-state index >= 15 is 0 Å². The summed E-state index contributed by atoms with van der Waals surface area (Å²) in [4.78, 5) is 4.20. The number of rotatable bonds is 5. The molecule has 0 aliphatic rings. The maximum atomic E-state index is 4.20. The van der Waals surface area contributed by atoms with Crippen LogP contribution in [0.4, 0.5) is 0 Å². The van der Waals surface area contributed by atoms with Crippen LogP contribution in [0.25, 0.3) is 0 Å². The van der Waals surface area contributed by atoms with E-state index in [1.807, 2.05) is 20.0 Å². The van der Waals surface area contributed by atoms with Crippen molar-refractivity contribution >= 4 is 5.71 Å². The molecule has 0 heterocycles. The molecule has 0 spiro atoms. The van der Waals surface area contributed by atoms with Crippen molar-refractivity contribution in [2.24, 2.45) is 4.99 Å². The Balaban J connectivity index is 4.93. The minimum absolute atomic E-state index is 1.10. The molecule has 1 heteroatoms. The van der Waals surface area contributed by atoms with Gasteiger partial charge in [0, 0.05) is 12.8 Å². The van der Waals surface area contributed by atoms with E-state index < -0.39 is 0 Å². The number of hydrogen-bond acceptors (Lipinski definition) is 1. The second-order valence-corrected chi connectivity index (χ2v) is 3.30. The Morgan fingerprint density at radius 1 is 1.36 bits per heavy atom. The van der Waals surface area contributed by atoms with Crippen LogP contribution in [-0.4, -0.2) is 12.8 Å². The quantitative estimate of drug-likeness (QED) is 0.461. The van der Waals surface area contributed by atoms with E-state index in [1.165, 1.54) is 11.1 Å². The van der Waals surface area contributed by atoms with Crippen molar-refractivity contribution in [1.82, 2.24) is 0 Å². The third-order valence-corrected chi connectivity index (χ3v) is 2.31. The van der Waals surface area contributed by atoms with Gasteiger partial charge in [0.25, 0.3) is 0 Å². The highest BCUT2D eigenvalue weighted by Crippen LogP contribution is 2.14. The fraction of sp³-hybridized carbons (Fsp3) is 0.462. The van der Waals surface area contributed by atoms with Gasteiger partial charge in [0.05, 0.1) is 0 Å². The molecule has 0 aliphatic carbocycles. The van der Waals surface area contributed by atoms with Crippen LogP contribution in [-0.2, 0) is 0 Å². The van der Waals surface area contributed by atoms with Crippen molar-refractivity contribution < 1.29 is 0 Å². The van der Waals surface area contributed by atoms with E-state index in [1.54, 1.807) is 6.08 Å². The van der Waals surface area contributed by atoms with E-state index in [-0.39, 0.29) is 0 Å². The lowest BCUT2D eigenvalue weighted by Crippen LogP contribution is -1.97. The van der Waals surface area contributed by atoms with Gasteiger partial charge in [-0.05, 0) is 31.4 Å². The highest BCUT2D eigenvalue weighted by Gasteiger charge is 2.00. The third-order valence-electron chi connectivity index (χ3n) is 2.31. The molecule has 0 aromatic heterocycles. The standard InChI is InChI=1S/C13H21N/c1-6-8-10-13(9-7-2)11(3)12(4)14-5/h6,8,10H,1,7,9H2,2-5H3/b10-8-,13-11+,14-12?. The molecule has 0 saturated carbocycles. The Hall–Kier alpha value is -1.11. The van der Waals surface area contributed by atoms with E-state index in [0.29, 0.717) is 0 Å². The van der Waals surface area contributed by atoms with Crippen LogP contribution in [0.1, 0.15) is 33.6 Å². The van der Waals surface area contributed by atoms with Gasteiger partial charge in [-0.2, -0.15) is 0 Å². The van der Waals surface area contributed by atoms with Crippen LogP contribution in [0.15, 0.2) is 40.9 Å². The van der Waals surface area contributed by atoms with Crippen LogP contribution in [0.2, 0.25) is 0 Å². The van der Waals surface area contributed by atoms with E-state index in [2.05, 4.69) is 31.5 Å². The summed E-state index contributed by atoms with van der Waals surface area (Å²) < 4.78 is 0. The summed E-state index contributed by atoms with van der Waals surface area (Å²) in [5, 5.41) is 0. The lowest BCUT2D eigenvalue weighted by atomic mass is 10.0. The van der Waals surface area contributed by atoms with Gasteiger partial charge in [-0.3, -0.25) is 4.99 Å². The van der Waals surface area contributed by atoms with Gasteiger partial charge in [0.1, 0.15) is 0 Å². The van der Waals surface area contributed by atoms with Crippen LogP contribution < -0.4 is 0 Å². The Bertz CT molecular complexity index is 267. The summed E-state index contributed by atoms with van der Waals surface area (Å²) in [6.45, 7) is 10.0. The van der Waals surface area contributed by atoms with Crippen LogP contribution >= 0.6 is 0 Å². The van der Waals surface area contributed by atoms with Gasteiger partial charge in [-0.15, -0.1) is 0 Å². The minimum atomic E-state index is 1.10. The molecule has 14 heavy (non-hydrogen) atoms. The molecule has 0 N–H and O–H groups in total. The predicted octanol–water partition coefficient (Wildman–Crippen LogP) is 3.94. The molecule has 78 valence electrons. The molecular formula is C13H21N. The second kappa shape index (κ2) is 7.31. The van der Waals surface area contributed by atoms with Gasteiger partial charge < -0.3 is 0 Å². The first-order chi connectivity index (χ1) is 6.67. The first-order valence-electron chi connectivity index (χ1n) is 5.10. The van der Waals surface area contributed by atoms with Gasteiger partial charge in [-0.25, -0.2) is 0 Å². The lowest BCUT2D eigenvalue weighted by Gasteiger charge is -2.06. The summed E-state index contributed by atoms with van der Waals surface area (Å²) in [5.41, 5.74) is 3.75. The summed E-state index contributed by atoms with van der Waals surface area (Å²) in [7, 11) is 1.83. The molecule has 0 unspecified atom stereocenters. The maximum absolute atomic E-state index is 4.20. The molecule has 1 nitrogen and oxygen atoms in total. The largest absolute Gasteiger partial charge is 0.293 e. The molecule has 0 radical (unpaired) electrons. The normalized spacial score (nSPS) is 14.4. The fourth-order valence-electron chi connectivity index (χ4n) is 1.25. The van der Waals surface area contributed by atoms with E-state index in [9.17, 15) is 0 Å². The molecule has 0 amide bonds. The first-order valence-corrected chi connectivity index (χ1v) is 5.10. The van der Waals surface area contributed by atoms with Crippen molar-refractivity contribution in [2.75, 3.05) is 7.05 Å². The summed E-state index contributed by atoms with van der Waals surface area (Å²) >= 11 is 0. The van der Waals surface area contributed by atoms with Crippen molar-refractivity contribution in [2.45, 2.75) is 33.6 Å². The first kappa shape index (κ1) is 12.9. The van der Waals surface area contributed by atoms with Crippen LogP contribution in [0.3, 0.4) is 0 Å². The zero-order valence-electron chi connectivity index (χ0n) is 9.80. The molecule has 0 fully saturated rings. The van der Waals surface area contributed by atoms with Gasteiger partial charge in [-0.1, -0.05) is 38.2 Å². The molecule has 0 saturated heterocycles. The molecule has 0 bridgehead atoms. The average molecular weight is 191 g/mol. The highest BCUT2D eigenvalue weighted by molar-refractivity contribution is 5.98. The maximum Gasteiger partial charge on any atom is 0.0345 e. The van der Waals surface area contributed by atoms with Gasteiger partial charge in [0.2, 0.25) is 0 Å². The van der Waals surface area contributed by atoms with Crippen LogP contribution in [0, 0.1) is 0 Å². The van der Waals surface area contributed by atoms with Crippen molar-refractivity contribution in [3.63, 3.8) is 0 Å². The zero-order valence-corrected chi connectivity index (χ0v) is 9.80. The van der Waals surface area contributed by atoms with Crippen molar-refractivity contribution in [1.29, 1.82) is 0 Å². The Kier molecular flexibility index (Phi) is 6.73. The van der Waals surface area contributed by atoms with Gasteiger partial charge in [0.15, 0.2) is 0 Å². The number of allylic oxidation sites excluding steroid dienone is 5. The van der Waals surface area contributed by atoms with E-state index in [0.717, 1.165) is 18.6 Å². The van der Waals surface area contributed by atoms with E-state index in [4.69, 9.17) is 0 Å². The number of aliphatic imine (C=N–C) groups is 1. The average Bonchev–Trinajstić information content (AvgIpc) is 2.22. The van der Waals surface area contributed by atoms with Crippen molar-refractivity contribution in [3.8, 4) is 0 Å². The zero-order chi connectivity index (χ0) is 11.0. The number of hydrogen-bond donors (Lipinski definition) is 0. The third kappa shape index (κ3) is 4.22.